The van der Waals surface area contributed by atoms with Gasteiger partial charge in [0, 0.05) is 13.3 Å². The lowest BCUT2D eigenvalue weighted by molar-refractivity contribution is -0.149. The van der Waals surface area contributed by atoms with E-state index in [4.69, 9.17) is 0 Å². The lowest BCUT2D eigenvalue weighted by Crippen LogP contribution is -2.45. The zero-order valence-corrected chi connectivity index (χ0v) is 8.58. The van der Waals surface area contributed by atoms with Gasteiger partial charge in [-0.2, -0.15) is 0 Å². The van der Waals surface area contributed by atoms with Crippen LogP contribution in [-0.4, -0.2) is 28.5 Å². The average molecular weight is 197 g/mol. The summed E-state index contributed by atoms with van der Waals surface area (Å²) in [7, 11) is 0. The third kappa shape index (κ3) is 2.19. The van der Waals surface area contributed by atoms with Crippen LogP contribution in [0.1, 0.15) is 39.5 Å². The fourth-order valence-electron chi connectivity index (χ4n) is 1.82. The average Bonchev–Trinajstić information content (AvgIpc) is 2.26. The van der Waals surface area contributed by atoms with Crippen LogP contribution in [0.5, 0.6) is 0 Å². The standard InChI is InChI=1S/C10H15NO3/c1-7(12)9-5-3-4-6-10(14)11(9)8(2)13/h9H,3-6H2,1-2H3. The molecule has 0 aromatic heterocycles. The number of carbonyl (C=O) groups excluding carboxylic acids is 3. The first kappa shape index (κ1) is 10.9. The number of carbonyl (C=O) groups is 3. The Labute approximate surface area is 83.3 Å². The van der Waals surface area contributed by atoms with Crippen molar-refractivity contribution in [2.75, 3.05) is 0 Å². The number of nitrogens with zero attached hydrogens (tertiary/aromatic N) is 1. The summed E-state index contributed by atoms with van der Waals surface area (Å²) in [5.74, 6) is -0.636. The topological polar surface area (TPSA) is 54.5 Å². The molecule has 1 unspecified atom stereocenters. The van der Waals surface area contributed by atoms with E-state index in [1.54, 1.807) is 0 Å². The van der Waals surface area contributed by atoms with Crippen LogP contribution >= 0.6 is 0 Å². The van der Waals surface area contributed by atoms with Crippen LogP contribution in [0, 0.1) is 0 Å². The van der Waals surface area contributed by atoms with E-state index in [1.165, 1.54) is 13.8 Å². The summed E-state index contributed by atoms with van der Waals surface area (Å²) in [4.78, 5) is 35.1. The van der Waals surface area contributed by atoms with E-state index in [2.05, 4.69) is 0 Å². The molecule has 0 spiro atoms. The van der Waals surface area contributed by atoms with Crippen molar-refractivity contribution < 1.29 is 14.4 Å². The van der Waals surface area contributed by atoms with Crippen LogP contribution in [-0.2, 0) is 14.4 Å². The highest BCUT2D eigenvalue weighted by atomic mass is 16.2. The molecule has 1 aliphatic rings. The zero-order chi connectivity index (χ0) is 10.7. The molecule has 4 nitrogen and oxygen atoms in total. The fraction of sp³-hybridized carbons (Fsp3) is 0.700. The van der Waals surface area contributed by atoms with Crippen molar-refractivity contribution in [2.45, 2.75) is 45.6 Å². The molecule has 0 aromatic carbocycles. The number of imide groups is 1. The Balaban J connectivity index is 2.92. The van der Waals surface area contributed by atoms with Crippen LogP contribution in [0.4, 0.5) is 0 Å². The number of rotatable bonds is 1. The molecule has 1 aliphatic heterocycles. The van der Waals surface area contributed by atoms with Crippen molar-refractivity contribution in [3.63, 3.8) is 0 Å². The number of hydrogen-bond donors (Lipinski definition) is 0. The van der Waals surface area contributed by atoms with Crippen LogP contribution in [0.15, 0.2) is 0 Å². The maximum absolute atomic E-state index is 11.5. The van der Waals surface area contributed by atoms with Crippen molar-refractivity contribution in [1.82, 2.24) is 4.90 Å². The van der Waals surface area contributed by atoms with Crippen LogP contribution in [0.3, 0.4) is 0 Å². The van der Waals surface area contributed by atoms with Crippen LogP contribution in [0.25, 0.3) is 0 Å². The number of likely N-dealkylation sites (tertiary alicyclic amines) is 1. The lowest BCUT2D eigenvalue weighted by atomic mass is 10.1. The summed E-state index contributed by atoms with van der Waals surface area (Å²) in [6.45, 7) is 2.76. The summed E-state index contributed by atoms with van der Waals surface area (Å²) in [5, 5.41) is 0. The molecule has 14 heavy (non-hydrogen) atoms. The van der Waals surface area contributed by atoms with E-state index in [9.17, 15) is 14.4 Å². The second-order valence-corrected chi connectivity index (χ2v) is 3.65. The van der Waals surface area contributed by atoms with E-state index in [0.717, 1.165) is 17.7 Å². The van der Waals surface area contributed by atoms with E-state index in [0.29, 0.717) is 12.8 Å². The SMILES string of the molecule is CC(=O)C1CCCCC(=O)N1C(C)=O. The first-order chi connectivity index (χ1) is 6.54. The minimum atomic E-state index is -0.525. The van der Waals surface area contributed by atoms with Crippen molar-refractivity contribution in [1.29, 1.82) is 0 Å². The molecule has 1 heterocycles. The molecule has 0 aliphatic carbocycles. The summed E-state index contributed by atoms with van der Waals surface area (Å²) < 4.78 is 0. The first-order valence-electron chi connectivity index (χ1n) is 4.87. The van der Waals surface area contributed by atoms with Gasteiger partial charge in [-0.3, -0.25) is 19.3 Å². The van der Waals surface area contributed by atoms with Crippen molar-refractivity contribution in [2.24, 2.45) is 0 Å². The van der Waals surface area contributed by atoms with Gasteiger partial charge in [0.05, 0.1) is 6.04 Å². The third-order valence-electron chi connectivity index (χ3n) is 2.51. The minimum Gasteiger partial charge on any atom is -0.298 e. The fourth-order valence-corrected chi connectivity index (χ4v) is 1.82. The molecule has 1 fully saturated rings. The molecule has 0 bridgehead atoms. The Bertz CT molecular complexity index is 273. The molecule has 0 radical (unpaired) electrons. The van der Waals surface area contributed by atoms with Gasteiger partial charge in [0.15, 0.2) is 5.78 Å². The van der Waals surface area contributed by atoms with Gasteiger partial charge in [0.2, 0.25) is 11.8 Å². The van der Waals surface area contributed by atoms with Crippen LogP contribution in [0.2, 0.25) is 0 Å². The molecule has 0 aromatic rings. The monoisotopic (exact) mass is 197 g/mol. The maximum Gasteiger partial charge on any atom is 0.229 e. The highest BCUT2D eigenvalue weighted by Gasteiger charge is 2.31. The molecule has 0 N–H and O–H groups in total. The molecule has 2 amide bonds. The quantitative estimate of drug-likeness (QED) is 0.627. The Kier molecular flexibility index (Phi) is 3.38. The number of Topliss-reactive ketones (excluding diaryl/α,β-unsaturated/α-hetero) is 1. The van der Waals surface area contributed by atoms with E-state index in [1.807, 2.05) is 0 Å². The van der Waals surface area contributed by atoms with Gasteiger partial charge in [0.1, 0.15) is 0 Å². The van der Waals surface area contributed by atoms with Gasteiger partial charge in [0.25, 0.3) is 0 Å². The molecule has 1 rings (SSSR count). The predicted octanol–water partition coefficient (Wildman–Crippen LogP) is 0.893. The number of amides is 2. The Morgan fingerprint density at radius 3 is 2.43 bits per heavy atom. The molecule has 78 valence electrons. The van der Waals surface area contributed by atoms with Crippen molar-refractivity contribution in [3.05, 3.63) is 0 Å². The van der Waals surface area contributed by atoms with Crippen LogP contribution < -0.4 is 0 Å². The maximum atomic E-state index is 11.5. The number of hydrogen-bond acceptors (Lipinski definition) is 3. The predicted molar refractivity (Wildman–Crippen MR) is 50.5 cm³/mol. The van der Waals surface area contributed by atoms with Gasteiger partial charge in [-0.05, 0) is 19.8 Å². The summed E-state index contributed by atoms with van der Waals surface area (Å²) in [6, 6.07) is -0.525. The number of ketones is 1. The summed E-state index contributed by atoms with van der Waals surface area (Å²) >= 11 is 0. The molecule has 1 saturated heterocycles. The van der Waals surface area contributed by atoms with E-state index < -0.39 is 6.04 Å². The zero-order valence-electron chi connectivity index (χ0n) is 8.58. The second-order valence-electron chi connectivity index (χ2n) is 3.65. The highest BCUT2D eigenvalue weighted by Crippen LogP contribution is 2.18. The van der Waals surface area contributed by atoms with Gasteiger partial charge >= 0.3 is 0 Å². The second kappa shape index (κ2) is 4.35. The van der Waals surface area contributed by atoms with Gasteiger partial charge < -0.3 is 0 Å². The van der Waals surface area contributed by atoms with E-state index >= 15 is 0 Å². The minimum absolute atomic E-state index is 0.101. The van der Waals surface area contributed by atoms with Gasteiger partial charge in [-0.15, -0.1) is 0 Å². The summed E-state index contributed by atoms with van der Waals surface area (Å²) in [6.07, 6.45) is 2.59. The lowest BCUT2D eigenvalue weighted by Gasteiger charge is -2.24. The molecular weight excluding hydrogens is 182 g/mol. The van der Waals surface area contributed by atoms with Crippen molar-refractivity contribution in [3.8, 4) is 0 Å². The van der Waals surface area contributed by atoms with Gasteiger partial charge in [-0.25, -0.2) is 0 Å². The third-order valence-corrected chi connectivity index (χ3v) is 2.51. The molecule has 0 saturated carbocycles. The Morgan fingerprint density at radius 2 is 1.93 bits per heavy atom. The highest BCUT2D eigenvalue weighted by molar-refractivity contribution is 5.99. The molecule has 1 atom stereocenters. The van der Waals surface area contributed by atoms with E-state index in [-0.39, 0.29) is 17.6 Å². The largest absolute Gasteiger partial charge is 0.298 e. The van der Waals surface area contributed by atoms with Crippen molar-refractivity contribution >= 4 is 17.6 Å². The van der Waals surface area contributed by atoms with Gasteiger partial charge in [-0.1, -0.05) is 6.42 Å². The first-order valence-corrected chi connectivity index (χ1v) is 4.87. The smallest absolute Gasteiger partial charge is 0.229 e. The molecular formula is C10H15NO3. The Morgan fingerprint density at radius 1 is 1.29 bits per heavy atom. The molecule has 4 heteroatoms. The Hall–Kier alpha value is -1.19. The normalized spacial score (nSPS) is 23.1. The summed E-state index contributed by atoms with van der Waals surface area (Å²) in [5.41, 5.74) is 0.